The molecule has 1 amide bonds. The first-order valence-corrected chi connectivity index (χ1v) is 16.7. The highest BCUT2D eigenvalue weighted by Gasteiger charge is 2.16. The third-order valence-corrected chi connectivity index (χ3v) is 9.61. The van der Waals surface area contributed by atoms with Gasteiger partial charge in [0.05, 0.1) is 22.6 Å². The molecule has 0 fully saturated rings. The van der Waals surface area contributed by atoms with E-state index < -0.39 is 0 Å². The van der Waals surface area contributed by atoms with E-state index in [9.17, 15) is 4.79 Å². The highest BCUT2D eigenvalue weighted by Crippen LogP contribution is 2.38. The minimum atomic E-state index is -0.0166. The van der Waals surface area contributed by atoms with Crippen molar-refractivity contribution in [2.24, 2.45) is 5.73 Å². The zero-order chi connectivity index (χ0) is 30.4. The Hall–Kier alpha value is -2.57. The van der Waals surface area contributed by atoms with Crippen LogP contribution in [0, 0.1) is 6.92 Å². The monoisotopic (exact) mass is 594 g/mol. The fourth-order valence-corrected chi connectivity index (χ4v) is 6.20. The molecule has 0 unspecified atom stereocenters. The first kappa shape index (κ1) is 34.6. The van der Waals surface area contributed by atoms with Gasteiger partial charge in [0.25, 0.3) is 0 Å². The molecule has 0 saturated heterocycles. The third kappa shape index (κ3) is 11.3. The quantitative estimate of drug-likeness (QED) is 0.189. The Bertz CT molecular complexity index is 1230. The van der Waals surface area contributed by atoms with Crippen molar-refractivity contribution in [3.63, 3.8) is 0 Å². The van der Waals surface area contributed by atoms with Crippen LogP contribution in [0.2, 0.25) is 0 Å². The third-order valence-electron chi connectivity index (χ3n) is 7.10. The molecule has 224 valence electrons. The molecule has 0 bridgehead atoms. The summed E-state index contributed by atoms with van der Waals surface area (Å²) in [5.74, 6) is 0.880. The lowest BCUT2D eigenvalue weighted by atomic mass is 10.1. The maximum Gasteiger partial charge on any atom is 0.229 e. The maximum atomic E-state index is 13.3. The number of amides is 1. The molecule has 0 aromatic heterocycles. The highest BCUT2D eigenvalue weighted by atomic mass is 32.2. The van der Waals surface area contributed by atoms with Gasteiger partial charge >= 0.3 is 0 Å². The summed E-state index contributed by atoms with van der Waals surface area (Å²) in [7, 11) is 0. The maximum absolute atomic E-state index is 13.3. The lowest BCUT2D eigenvalue weighted by Gasteiger charge is -2.19. The molecule has 0 spiro atoms. The smallest absolute Gasteiger partial charge is 0.229 e. The summed E-state index contributed by atoms with van der Waals surface area (Å²) < 4.78 is 6.13. The van der Waals surface area contributed by atoms with Crippen LogP contribution in [0.1, 0.15) is 104 Å². The number of allylic oxidation sites excluding steroid dienone is 3. The van der Waals surface area contributed by atoms with Crippen molar-refractivity contribution in [3.8, 4) is 5.75 Å². The van der Waals surface area contributed by atoms with E-state index in [1.165, 1.54) is 10.5 Å². The van der Waals surface area contributed by atoms with Crippen LogP contribution in [0.4, 0.5) is 0 Å². The number of ether oxygens (including phenoxy) is 1. The number of hydrogen-bond acceptors (Lipinski definition) is 5. The topological polar surface area (TPSA) is 64.4 Å². The normalized spacial score (nSPS) is 13.1. The number of carbonyl (C=O) groups excluding carboxylic acids is 1. The summed E-state index contributed by atoms with van der Waals surface area (Å²) in [5, 5.41) is 4.96. The van der Waals surface area contributed by atoms with E-state index >= 15 is 0 Å². The molecule has 0 heterocycles. The van der Waals surface area contributed by atoms with Crippen molar-refractivity contribution >= 4 is 34.3 Å². The van der Waals surface area contributed by atoms with Gasteiger partial charge in [0.15, 0.2) is 0 Å². The molecule has 3 N–H and O–H groups in total. The first-order valence-electron chi connectivity index (χ1n) is 15.0. The van der Waals surface area contributed by atoms with Gasteiger partial charge in [-0.15, -0.1) is 0 Å². The Kier molecular flexibility index (Phi) is 15.3. The number of carbonyl (C=O) groups is 1. The van der Waals surface area contributed by atoms with Gasteiger partial charge in [-0.05, 0) is 93.3 Å². The number of rotatable bonds is 16. The Labute approximate surface area is 257 Å². The zero-order valence-electron chi connectivity index (χ0n) is 26.4. The molecular weight excluding hydrogens is 545 g/mol. The van der Waals surface area contributed by atoms with E-state index in [2.05, 4.69) is 103 Å². The predicted octanol–water partition coefficient (Wildman–Crippen LogP) is 10.1. The van der Waals surface area contributed by atoms with Crippen molar-refractivity contribution < 1.29 is 9.53 Å². The Morgan fingerprint density at radius 3 is 2.22 bits per heavy atom. The van der Waals surface area contributed by atoms with E-state index in [0.717, 1.165) is 81.5 Å². The number of aryl methyl sites for hydroxylation is 1. The van der Waals surface area contributed by atoms with E-state index in [4.69, 9.17) is 10.5 Å². The number of unbranched alkanes of at least 4 members (excludes halogenated alkanes) is 1. The highest BCUT2D eigenvalue weighted by molar-refractivity contribution is 8.11. The van der Waals surface area contributed by atoms with Gasteiger partial charge in [0, 0.05) is 9.80 Å². The second kappa shape index (κ2) is 18.1. The summed E-state index contributed by atoms with van der Waals surface area (Å²) in [6, 6.07) is 14.6. The van der Waals surface area contributed by atoms with E-state index in [1.54, 1.807) is 23.5 Å². The van der Waals surface area contributed by atoms with E-state index in [1.807, 2.05) is 6.07 Å². The van der Waals surface area contributed by atoms with Crippen LogP contribution >= 0.6 is 23.5 Å². The van der Waals surface area contributed by atoms with Gasteiger partial charge in [-0.25, -0.2) is 0 Å². The molecule has 0 atom stereocenters. The Morgan fingerprint density at radius 2 is 1.63 bits per heavy atom. The average molecular weight is 595 g/mol. The summed E-state index contributed by atoms with van der Waals surface area (Å²) in [4.78, 5) is 15.6. The van der Waals surface area contributed by atoms with Crippen LogP contribution in [0.5, 0.6) is 5.75 Å². The molecule has 0 aliphatic carbocycles. The van der Waals surface area contributed by atoms with Crippen LogP contribution in [0.3, 0.4) is 0 Å². The SMILES string of the molecule is CCC/C=C(\N)Sc1cc(CC(=O)N/C(S/C(=C(/C)CC)c2ccc(OC(CC)CC)cc2)=C(/C)CC)ccc1C. The second-order valence-electron chi connectivity index (χ2n) is 10.4. The number of nitrogens with one attached hydrogen (secondary N) is 1. The van der Waals surface area contributed by atoms with Gasteiger partial charge in [0.2, 0.25) is 5.91 Å². The summed E-state index contributed by atoms with van der Waals surface area (Å²) >= 11 is 3.23. The number of nitrogens with two attached hydrogens (primary N) is 1. The standard InChI is InChI=1S/C35H50N2O2S2/c1-9-14-15-32(36)40-31-22-27(17-16-26(31)8)23-33(38)37-35(25(7)11-3)41-34(24(6)10-2)28-18-20-30(21-19-28)39-29(12-4)13-5/h15-22,29H,9-14,23,36H2,1-8H3,(H,37,38)/b32-15+,34-24-,35-25+. The second-order valence-corrected chi connectivity index (χ2v) is 12.6. The number of hydrogen-bond donors (Lipinski definition) is 2. The molecule has 4 nitrogen and oxygen atoms in total. The molecule has 2 rings (SSSR count). The predicted molar refractivity (Wildman–Crippen MR) is 181 cm³/mol. The van der Waals surface area contributed by atoms with Gasteiger partial charge in [0.1, 0.15) is 5.75 Å². The molecule has 2 aromatic rings. The van der Waals surface area contributed by atoms with E-state index in [-0.39, 0.29) is 12.0 Å². The minimum Gasteiger partial charge on any atom is -0.490 e. The van der Waals surface area contributed by atoms with Gasteiger partial charge < -0.3 is 15.8 Å². The van der Waals surface area contributed by atoms with Crippen LogP contribution < -0.4 is 15.8 Å². The summed E-state index contributed by atoms with van der Waals surface area (Å²) in [6.45, 7) is 17.1. The Balaban J connectivity index is 2.24. The van der Waals surface area contributed by atoms with Crippen LogP contribution in [0.15, 0.2) is 74.6 Å². The summed E-state index contributed by atoms with van der Waals surface area (Å²) in [6.07, 6.45) is 8.42. The number of benzene rings is 2. The first-order chi connectivity index (χ1) is 19.6. The number of thioether (sulfide) groups is 2. The largest absolute Gasteiger partial charge is 0.490 e. The van der Waals surface area contributed by atoms with Crippen LogP contribution in [0.25, 0.3) is 4.91 Å². The summed E-state index contributed by atoms with van der Waals surface area (Å²) in [5.41, 5.74) is 11.9. The lowest BCUT2D eigenvalue weighted by Crippen LogP contribution is -2.24. The molecule has 0 aliphatic rings. The van der Waals surface area contributed by atoms with Gasteiger partial charge in [-0.3, -0.25) is 4.79 Å². The lowest BCUT2D eigenvalue weighted by molar-refractivity contribution is -0.119. The van der Waals surface area contributed by atoms with E-state index in [0.29, 0.717) is 6.42 Å². The molecule has 2 aromatic carbocycles. The molecule has 0 saturated carbocycles. The fraction of sp³-hybridized carbons (Fsp3) is 0.457. The van der Waals surface area contributed by atoms with Crippen molar-refractivity contribution in [2.45, 2.75) is 111 Å². The Morgan fingerprint density at radius 1 is 0.976 bits per heavy atom. The molecule has 41 heavy (non-hydrogen) atoms. The average Bonchev–Trinajstić information content (AvgIpc) is 2.98. The van der Waals surface area contributed by atoms with Crippen LogP contribution in [-0.2, 0) is 11.2 Å². The molecular formula is C35H50N2O2S2. The molecule has 0 radical (unpaired) electrons. The fourth-order valence-electron chi connectivity index (χ4n) is 4.04. The zero-order valence-corrected chi connectivity index (χ0v) is 28.0. The van der Waals surface area contributed by atoms with Crippen molar-refractivity contribution in [1.29, 1.82) is 0 Å². The van der Waals surface area contributed by atoms with Crippen LogP contribution in [-0.4, -0.2) is 12.0 Å². The molecule has 6 heteroatoms. The molecule has 0 aliphatic heterocycles. The van der Waals surface area contributed by atoms with Gasteiger partial charge in [-0.2, -0.15) is 0 Å². The van der Waals surface area contributed by atoms with Gasteiger partial charge in [-0.1, -0.05) is 100 Å². The van der Waals surface area contributed by atoms with Crippen molar-refractivity contribution in [2.75, 3.05) is 0 Å². The van der Waals surface area contributed by atoms with Crippen molar-refractivity contribution in [1.82, 2.24) is 5.32 Å². The van der Waals surface area contributed by atoms with Crippen molar-refractivity contribution in [3.05, 3.63) is 86.4 Å². The minimum absolute atomic E-state index is 0.0166.